The fourth-order valence-corrected chi connectivity index (χ4v) is 5.11. The molecule has 1 aliphatic rings. The molecular formula is C28H35BrCl2N2O3. The Balaban J connectivity index is 1.75. The van der Waals surface area contributed by atoms with E-state index in [2.05, 4.69) is 42.0 Å². The number of amides is 2. The van der Waals surface area contributed by atoms with Gasteiger partial charge in [0.2, 0.25) is 5.91 Å². The van der Waals surface area contributed by atoms with Crippen molar-refractivity contribution in [2.75, 3.05) is 6.61 Å². The van der Waals surface area contributed by atoms with Gasteiger partial charge in [-0.25, -0.2) is 0 Å². The number of hydrogen-bond donors (Lipinski definition) is 1. The van der Waals surface area contributed by atoms with Gasteiger partial charge in [0, 0.05) is 12.6 Å². The Kier molecular flexibility index (Phi) is 10.1. The quantitative estimate of drug-likeness (QED) is 0.347. The molecule has 1 aliphatic carbocycles. The third-order valence-corrected chi connectivity index (χ3v) is 7.96. The summed E-state index contributed by atoms with van der Waals surface area (Å²) < 4.78 is 6.67. The molecule has 1 atom stereocenters. The summed E-state index contributed by atoms with van der Waals surface area (Å²) in [6.45, 7) is 8.18. The minimum absolute atomic E-state index is 0.00531. The predicted octanol–water partition coefficient (Wildman–Crippen LogP) is 7.30. The molecule has 1 saturated carbocycles. The number of halogens is 3. The van der Waals surface area contributed by atoms with E-state index in [-0.39, 0.29) is 36.4 Å². The molecule has 0 heterocycles. The highest BCUT2D eigenvalue weighted by Crippen LogP contribution is 2.31. The topological polar surface area (TPSA) is 58.6 Å². The van der Waals surface area contributed by atoms with Crippen LogP contribution in [0.25, 0.3) is 0 Å². The largest absolute Gasteiger partial charge is 0.483 e. The first-order chi connectivity index (χ1) is 17.0. The second kappa shape index (κ2) is 12.7. The van der Waals surface area contributed by atoms with Gasteiger partial charge in [0.05, 0.1) is 14.5 Å². The average molecular weight is 598 g/mol. The molecule has 8 heteroatoms. The van der Waals surface area contributed by atoms with Gasteiger partial charge in [0.25, 0.3) is 5.91 Å². The van der Waals surface area contributed by atoms with Crippen molar-refractivity contribution in [2.24, 2.45) is 0 Å². The molecule has 0 unspecified atom stereocenters. The van der Waals surface area contributed by atoms with Gasteiger partial charge in [-0.2, -0.15) is 0 Å². The molecule has 0 spiro atoms. The smallest absolute Gasteiger partial charge is 0.261 e. The van der Waals surface area contributed by atoms with Crippen molar-refractivity contribution < 1.29 is 14.3 Å². The Bertz CT molecular complexity index is 1080. The fourth-order valence-electron chi connectivity index (χ4n) is 4.29. The van der Waals surface area contributed by atoms with Crippen molar-refractivity contribution in [3.63, 3.8) is 0 Å². The summed E-state index contributed by atoms with van der Waals surface area (Å²) in [4.78, 5) is 28.1. The van der Waals surface area contributed by atoms with Crippen molar-refractivity contribution >= 4 is 50.9 Å². The van der Waals surface area contributed by atoms with Gasteiger partial charge in [-0.15, -0.1) is 0 Å². The van der Waals surface area contributed by atoms with E-state index in [4.69, 9.17) is 27.9 Å². The molecule has 0 aliphatic heterocycles. The van der Waals surface area contributed by atoms with E-state index < -0.39 is 6.04 Å². The van der Waals surface area contributed by atoms with Crippen LogP contribution >= 0.6 is 39.1 Å². The van der Waals surface area contributed by atoms with E-state index in [1.165, 1.54) is 11.3 Å². The summed E-state index contributed by atoms with van der Waals surface area (Å²) in [6.07, 6.45) is 5.37. The number of carbonyl (C=O) groups is 2. The van der Waals surface area contributed by atoms with Crippen molar-refractivity contribution in [1.82, 2.24) is 10.2 Å². The third kappa shape index (κ3) is 7.87. The molecule has 2 aromatic carbocycles. The first kappa shape index (κ1) is 28.8. The van der Waals surface area contributed by atoms with Crippen molar-refractivity contribution in [3.8, 4) is 5.75 Å². The number of rotatable bonds is 8. The number of carbonyl (C=O) groups excluding carboxylic acids is 2. The van der Waals surface area contributed by atoms with E-state index in [0.29, 0.717) is 15.8 Å². The maximum Gasteiger partial charge on any atom is 0.261 e. The SMILES string of the molecule is C[C@@H](C(=O)NC1CCCCC1)N(Cc1ccc(Cl)c(Cl)c1)C(=O)COc1ccc(C(C)(C)C)cc1Br. The van der Waals surface area contributed by atoms with Crippen LogP contribution in [0, 0.1) is 0 Å². The number of hydrogen-bond acceptors (Lipinski definition) is 3. The number of nitrogens with zero attached hydrogens (tertiary/aromatic N) is 1. The molecular weight excluding hydrogens is 563 g/mol. The van der Waals surface area contributed by atoms with Crippen LogP contribution in [-0.2, 0) is 21.5 Å². The predicted molar refractivity (Wildman–Crippen MR) is 150 cm³/mol. The monoisotopic (exact) mass is 596 g/mol. The van der Waals surface area contributed by atoms with E-state index in [1.807, 2.05) is 24.3 Å². The lowest BCUT2D eigenvalue weighted by Crippen LogP contribution is -2.51. The van der Waals surface area contributed by atoms with Gasteiger partial charge in [-0.05, 0) is 76.5 Å². The van der Waals surface area contributed by atoms with Crippen molar-refractivity contribution in [1.29, 1.82) is 0 Å². The minimum Gasteiger partial charge on any atom is -0.483 e. The van der Waals surface area contributed by atoms with E-state index in [1.54, 1.807) is 19.1 Å². The Hall–Kier alpha value is -1.76. The van der Waals surface area contributed by atoms with E-state index in [9.17, 15) is 9.59 Å². The molecule has 1 fully saturated rings. The van der Waals surface area contributed by atoms with Gasteiger partial charge in [0.15, 0.2) is 6.61 Å². The molecule has 3 rings (SSSR count). The molecule has 2 amide bonds. The van der Waals surface area contributed by atoms with Crippen molar-refractivity contribution in [3.05, 3.63) is 62.0 Å². The van der Waals surface area contributed by atoms with Crippen LogP contribution in [0.4, 0.5) is 0 Å². The molecule has 0 aromatic heterocycles. The Morgan fingerprint density at radius 3 is 2.39 bits per heavy atom. The molecule has 1 N–H and O–H groups in total. The van der Waals surface area contributed by atoms with Crippen LogP contribution in [-0.4, -0.2) is 35.4 Å². The van der Waals surface area contributed by atoms with Crippen LogP contribution in [0.3, 0.4) is 0 Å². The Labute approximate surface area is 233 Å². The van der Waals surface area contributed by atoms with Crippen LogP contribution in [0.1, 0.15) is 70.9 Å². The van der Waals surface area contributed by atoms with Crippen LogP contribution in [0.2, 0.25) is 10.0 Å². The van der Waals surface area contributed by atoms with Crippen LogP contribution < -0.4 is 10.1 Å². The highest BCUT2D eigenvalue weighted by Gasteiger charge is 2.29. The second-order valence-corrected chi connectivity index (χ2v) is 12.1. The molecule has 2 aromatic rings. The first-order valence-corrected chi connectivity index (χ1v) is 14.0. The Morgan fingerprint density at radius 2 is 1.78 bits per heavy atom. The molecule has 0 saturated heterocycles. The zero-order valence-electron chi connectivity index (χ0n) is 21.4. The van der Waals surface area contributed by atoms with Gasteiger partial charge in [0.1, 0.15) is 11.8 Å². The highest BCUT2D eigenvalue weighted by molar-refractivity contribution is 9.10. The maximum absolute atomic E-state index is 13.4. The zero-order chi connectivity index (χ0) is 26.5. The number of ether oxygens (including phenoxy) is 1. The van der Waals surface area contributed by atoms with Gasteiger partial charge < -0.3 is 15.0 Å². The fraction of sp³-hybridized carbons (Fsp3) is 0.500. The summed E-state index contributed by atoms with van der Waals surface area (Å²) in [7, 11) is 0. The second-order valence-electron chi connectivity index (χ2n) is 10.5. The first-order valence-electron chi connectivity index (χ1n) is 12.4. The highest BCUT2D eigenvalue weighted by atomic mass is 79.9. The van der Waals surface area contributed by atoms with Gasteiger partial charge in [-0.1, -0.05) is 75.4 Å². The maximum atomic E-state index is 13.4. The summed E-state index contributed by atoms with van der Waals surface area (Å²) in [5, 5.41) is 3.98. The summed E-state index contributed by atoms with van der Waals surface area (Å²) in [5.41, 5.74) is 1.93. The van der Waals surface area contributed by atoms with Crippen LogP contribution in [0.15, 0.2) is 40.9 Å². The van der Waals surface area contributed by atoms with Crippen molar-refractivity contribution in [2.45, 2.75) is 83.8 Å². The summed E-state index contributed by atoms with van der Waals surface area (Å²) >= 11 is 15.8. The lowest BCUT2D eigenvalue weighted by Gasteiger charge is -2.31. The number of nitrogens with one attached hydrogen (secondary N) is 1. The molecule has 5 nitrogen and oxygen atoms in total. The van der Waals surface area contributed by atoms with E-state index >= 15 is 0 Å². The summed E-state index contributed by atoms with van der Waals surface area (Å²) in [5.74, 6) is 0.121. The number of benzene rings is 2. The Morgan fingerprint density at radius 1 is 1.08 bits per heavy atom. The average Bonchev–Trinajstić information content (AvgIpc) is 2.83. The minimum atomic E-state index is -0.677. The zero-order valence-corrected chi connectivity index (χ0v) is 24.5. The summed E-state index contributed by atoms with van der Waals surface area (Å²) in [6, 6.07) is 10.6. The normalized spacial score (nSPS) is 15.3. The third-order valence-electron chi connectivity index (χ3n) is 6.60. The van der Waals surface area contributed by atoms with Gasteiger partial charge in [-0.3, -0.25) is 9.59 Å². The standard InChI is InChI=1S/C28H35BrCl2N2O3/c1-18(27(35)32-21-8-6-5-7-9-21)33(16-19-10-12-23(30)24(31)14-19)26(34)17-36-25-13-11-20(15-22(25)29)28(2,3)4/h10-15,18,21H,5-9,16-17H2,1-4H3,(H,32,35)/t18-/m0/s1. The lowest BCUT2D eigenvalue weighted by molar-refractivity contribution is -0.142. The lowest BCUT2D eigenvalue weighted by atomic mass is 9.87. The molecule has 196 valence electrons. The molecule has 0 radical (unpaired) electrons. The molecule has 36 heavy (non-hydrogen) atoms. The van der Waals surface area contributed by atoms with Gasteiger partial charge >= 0.3 is 0 Å². The van der Waals surface area contributed by atoms with E-state index in [0.717, 1.165) is 41.3 Å². The molecule has 0 bridgehead atoms. The van der Waals surface area contributed by atoms with Crippen LogP contribution in [0.5, 0.6) is 5.75 Å².